The number of benzene rings is 1. The third-order valence-corrected chi connectivity index (χ3v) is 2.15. The summed E-state index contributed by atoms with van der Waals surface area (Å²) < 4.78 is 9.60. The summed E-state index contributed by atoms with van der Waals surface area (Å²) in [6, 6.07) is 10.6. The van der Waals surface area contributed by atoms with Gasteiger partial charge in [0.1, 0.15) is 11.8 Å². The fourth-order valence-corrected chi connectivity index (χ4v) is 1.29. The van der Waals surface area contributed by atoms with E-state index in [1.807, 2.05) is 12.1 Å². The minimum absolute atomic E-state index is 0.109. The Morgan fingerprint density at radius 1 is 1.44 bits per heavy atom. The van der Waals surface area contributed by atoms with Crippen LogP contribution in [-0.4, -0.2) is 11.2 Å². The fraction of sp³-hybridized carbons (Fsp3) is 0.0833. The van der Waals surface area contributed by atoms with Gasteiger partial charge in [-0.3, -0.25) is 5.32 Å². The molecule has 1 amide bonds. The van der Waals surface area contributed by atoms with Crippen molar-refractivity contribution in [2.24, 2.45) is 0 Å². The second-order valence-electron chi connectivity index (χ2n) is 3.42. The van der Waals surface area contributed by atoms with Gasteiger partial charge in [-0.15, -0.1) is 0 Å². The number of aryl methyl sites for hydroxylation is 1. The predicted octanol–water partition coefficient (Wildman–Crippen LogP) is 2.47. The van der Waals surface area contributed by atoms with Crippen LogP contribution in [0.1, 0.15) is 11.3 Å². The number of hydrogen-bond donors (Lipinski definition) is 1. The summed E-state index contributed by atoms with van der Waals surface area (Å²) in [5.74, 6) is -0.205. The molecule has 0 aliphatic heterocycles. The number of carbonyl (C=O) groups is 1. The molecule has 18 heavy (non-hydrogen) atoms. The SMILES string of the molecule is Cc1noc(OC(=O)Nc2ccccc2)c1C#N. The maximum Gasteiger partial charge on any atom is 0.419 e. The Kier molecular flexibility index (Phi) is 3.25. The van der Waals surface area contributed by atoms with Crippen LogP contribution in [0.15, 0.2) is 34.9 Å². The molecule has 6 nitrogen and oxygen atoms in total. The molecule has 1 heterocycles. The van der Waals surface area contributed by atoms with Crippen molar-refractivity contribution in [3.63, 3.8) is 0 Å². The van der Waals surface area contributed by atoms with Crippen LogP contribution in [0.25, 0.3) is 0 Å². The molecular weight excluding hydrogens is 234 g/mol. The van der Waals surface area contributed by atoms with Gasteiger partial charge in [-0.25, -0.2) is 4.79 Å². The van der Waals surface area contributed by atoms with Crippen molar-refractivity contribution in [3.8, 4) is 12.0 Å². The minimum Gasteiger partial charge on any atom is -0.373 e. The van der Waals surface area contributed by atoms with E-state index in [-0.39, 0.29) is 11.5 Å². The van der Waals surface area contributed by atoms with Crippen molar-refractivity contribution in [3.05, 3.63) is 41.6 Å². The second kappa shape index (κ2) is 5.01. The van der Waals surface area contributed by atoms with Gasteiger partial charge in [0.2, 0.25) is 0 Å². The minimum atomic E-state index is -0.742. The monoisotopic (exact) mass is 243 g/mol. The van der Waals surface area contributed by atoms with Crippen molar-refractivity contribution in [1.29, 1.82) is 5.26 Å². The number of nitrogens with one attached hydrogen (secondary N) is 1. The normalized spacial score (nSPS) is 9.56. The lowest BCUT2D eigenvalue weighted by molar-refractivity contribution is 0.194. The Hall–Kier alpha value is -2.81. The number of nitriles is 1. The first-order chi connectivity index (χ1) is 8.70. The molecule has 1 aromatic heterocycles. The number of amides is 1. The van der Waals surface area contributed by atoms with E-state index >= 15 is 0 Å². The van der Waals surface area contributed by atoms with E-state index < -0.39 is 6.09 Å². The summed E-state index contributed by atoms with van der Waals surface area (Å²) in [5.41, 5.74) is 1.07. The summed E-state index contributed by atoms with van der Waals surface area (Å²) in [7, 11) is 0. The van der Waals surface area contributed by atoms with Crippen LogP contribution in [0.3, 0.4) is 0 Å². The molecule has 6 heteroatoms. The topological polar surface area (TPSA) is 88.2 Å². The Balaban J connectivity index is 2.06. The molecule has 0 aliphatic rings. The van der Waals surface area contributed by atoms with E-state index in [9.17, 15) is 4.79 Å². The highest BCUT2D eigenvalue weighted by Crippen LogP contribution is 2.20. The van der Waals surface area contributed by atoms with Gasteiger partial charge in [-0.05, 0) is 19.1 Å². The van der Waals surface area contributed by atoms with Gasteiger partial charge in [0.25, 0.3) is 0 Å². The lowest BCUT2D eigenvalue weighted by Gasteiger charge is -2.03. The number of nitrogens with zero attached hydrogens (tertiary/aromatic N) is 2. The number of ether oxygens (including phenoxy) is 1. The highest BCUT2D eigenvalue weighted by atomic mass is 16.7. The van der Waals surface area contributed by atoms with Gasteiger partial charge >= 0.3 is 12.0 Å². The van der Waals surface area contributed by atoms with E-state index in [0.717, 1.165) is 0 Å². The molecule has 0 saturated heterocycles. The smallest absolute Gasteiger partial charge is 0.373 e. The molecule has 0 aliphatic carbocycles. The zero-order chi connectivity index (χ0) is 13.0. The standard InChI is InChI=1S/C12H9N3O3/c1-8-10(7-13)11(18-15-8)17-12(16)14-9-5-3-2-4-6-9/h2-6H,1H3,(H,14,16). The molecule has 0 saturated carbocycles. The third kappa shape index (κ3) is 2.47. The molecule has 0 unspecified atom stereocenters. The van der Waals surface area contributed by atoms with Crippen molar-refractivity contribution in [2.75, 3.05) is 5.32 Å². The average molecular weight is 243 g/mol. The number of anilines is 1. The molecular formula is C12H9N3O3. The molecule has 1 aromatic carbocycles. The van der Waals surface area contributed by atoms with Crippen molar-refractivity contribution >= 4 is 11.8 Å². The lowest BCUT2D eigenvalue weighted by atomic mass is 10.3. The van der Waals surface area contributed by atoms with Gasteiger partial charge in [0, 0.05) is 5.69 Å². The van der Waals surface area contributed by atoms with Crippen LogP contribution in [-0.2, 0) is 0 Å². The molecule has 0 atom stereocenters. The van der Waals surface area contributed by atoms with Gasteiger partial charge in [-0.2, -0.15) is 5.26 Å². The number of aromatic nitrogens is 1. The largest absolute Gasteiger partial charge is 0.419 e. The van der Waals surface area contributed by atoms with Crippen LogP contribution >= 0.6 is 0 Å². The first-order valence-corrected chi connectivity index (χ1v) is 5.11. The number of carbonyl (C=O) groups excluding carboxylic acids is 1. The highest BCUT2D eigenvalue weighted by molar-refractivity contribution is 5.86. The molecule has 0 bridgehead atoms. The summed E-state index contributed by atoms with van der Waals surface area (Å²) >= 11 is 0. The third-order valence-electron chi connectivity index (χ3n) is 2.15. The number of para-hydroxylation sites is 1. The Morgan fingerprint density at radius 3 is 2.83 bits per heavy atom. The molecule has 2 rings (SSSR count). The molecule has 0 spiro atoms. The zero-order valence-corrected chi connectivity index (χ0v) is 9.51. The Morgan fingerprint density at radius 2 is 2.17 bits per heavy atom. The highest BCUT2D eigenvalue weighted by Gasteiger charge is 2.17. The van der Waals surface area contributed by atoms with Crippen LogP contribution in [0, 0.1) is 18.3 Å². The van der Waals surface area contributed by atoms with Crippen molar-refractivity contribution in [1.82, 2.24) is 5.16 Å². The zero-order valence-electron chi connectivity index (χ0n) is 9.51. The van der Waals surface area contributed by atoms with Gasteiger partial charge in [0.15, 0.2) is 5.56 Å². The maximum atomic E-state index is 11.5. The molecule has 1 N–H and O–H groups in total. The first-order valence-electron chi connectivity index (χ1n) is 5.11. The second-order valence-corrected chi connectivity index (χ2v) is 3.42. The molecule has 0 fully saturated rings. The first kappa shape index (κ1) is 11.7. The van der Waals surface area contributed by atoms with E-state index in [2.05, 4.69) is 10.5 Å². The van der Waals surface area contributed by atoms with E-state index in [1.165, 1.54) is 0 Å². The van der Waals surface area contributed by atoms with Crippen molar-refractivity contribution in [2.45, 2.75) is 6.92 Å². The molecule has 90 valence electrons. The average Bonchev–Trinajstić information content (AvgIpc) is 2.71. The van der Waals surface area contributed by atoms with Crippen LogP contribution in [0.2, 0.25) is 0 Å². The number of hydrogen-bond acceptors (Lipinski definition) is 5. The van der Waals surface area contributed by atoms with Crippen LogP contribution < -0.4 is 10.1 Å². The van der Waals surface area contributed by atoms with Gasteiger partial charge < -0.3 is 9.26 Å². The van der Waals surface area contributed by atoms with Crippen LogP contribution in [0.4, 0.5) is 10.5 Å². The summed E-state index contributed by atoms with van der Waals surface area (Å²) in [6.45, 7) is 1.59. The molecule has 2 aromatic rings. The van der Waals surface area contributed by atoms with E-state index in [0.29, 0.717) is 11.4 Å². The van der Waals surface area contributed by atoms with Crippen molar-refractivity contribution < 1.29 is 14.1 Å². The quantitative estimate of drug-likeness (QED) is 0.875. The summed E-state index contributed by atoms with van der Waals surface area (Å²) in [6.07, 6.45) is -0.742. The lowest BCUT2D eigenvalue weighted by Crippen LogP contribution is -2.16. The van der Waals surface area contributed by atoms with E-state index in [4.69, 9.17) is 14.5 Å². The fourth-order valence-electron chi connectivity index (χ4n) is 1.29. The van der Waals surface area contributed by atoms with Gasteiger partial charge in [0.05, 0.1) is 0 Å². The summed E-state index contributed by atoms with van der Waals surface area (Å²) in [5, 5.41) is 14.9. The summed E-state index contributed by atoms with van der Waals surface area (Å²) in [4.78, 5) is 11.5. The van der Waals surface area contributed by atoms with E-state index in [1.54, 1.807) is 31.2 Å². The maximum absolute atomic E-state index is 11.5. The predicted molar refractivity (Wildman–Crippen MR) is 62.0 cm³/mol. The molecule has 0 radical (unpaired) electrons. The number of rotatable bonds is 2. The van der Waals surface area contributed by atoms with Crippen LogP contribution in [0.5, 0.6) is 5.95 Å². The van der Waals surface area contributed by atoms with Gasteiger partial charge in [-0.1, -0.05) is 23.4 Å². The Bertz CT molecular complexity index is 599. The Labute approximate surface area is 103 Å².